The van der Waals surface area contributed by atoms with E-state index in [1.807, 2.05) is 45.2 Å². The Morgan fingerprint density at radius 1 is 1.08 bits per heavy atom. The van der Waals surface area contributed by atoms with Gasteiger partial charge >= 0.3 is 12.2 Å². The predicted molar refractivity (Wildman–Crippen MR) is 141 cm³/mol. The highest BCUT2D eigenvalue weighted by molar-refractivity contribution is 14.1. The Morgan fingerprint density at radius 2 is 1.78 bits per heavy atom. The van der Waals surface area contributed by atoms with Gasteiger partial charge in [-0.3, -0.25) is 15.0 Å². The van der Waals surface area contributed by atoms with Crippen LogP contribution in [0.4, 0.5) is 23.7 Å². The van der Waals surface area contributed by atoms with Crippen molar-refractivity contribution in [3.8, 4) is 5.82 Å². The average molecular weight is 748 g/mol. The summed E-state index contributed by atoms with van der Waals surface area (Å²) in [6, 6.07) is 5.87. The zero-order valence-corrected chi connectivity index (χ0v) is 23.3. The largest absolute Gasteiger partial charge is 0.435 e. The van der Waals surface area contributed by atoms with Crippen molar-refractivity contribution in [2.75, 3.05) is 19.4 Å². The second-order valence-corrected chi connectivity index (χ2v) is 9.99. The molecule has 0 fully saturated rings. The molecule has 3 N–H and O–H groups in total. The zero-order valence-electron chi connectivity index (χ0n) is 18.2. The Kier molecular flexibility index (Phi) is 8.65. The number of nitrogens with zero attached hydrogens (tertiary/aromatic N) is 4. The minimum absolute atomic E-state index is 0.00560. The summed E-state index contributed by atoms with van der Waals surface area (Å²) < 4.78 is 42.0. The number of amides is 4. The number of pyridine rings is 1. The molecule has 0 atom stereocenters. The van der Waals surface area contributed by atoms with Crippen LogP contribution in [0.25, 0.3) is 5.82 Å². The number of anilines is 1. The molecule has 0 aliphatic carbocycles. The van der Waals surface area contributed by atoms with Gasteiger partial charge in [0.25, 0.3) is 11.8 Å². The van der Waals surface area contributed by atoms with Gasteiger partial charge in [-0.1, -0.05) is 11.6 Å². The molecule has 190 valence electrons. The fraction of sp³-hybridized carbons (Fsp3) is 0.150. The second kappa shape index (κ2) is 11.2. The number of benzene rings is 1. The van der Waals surface area contributed by atoms with E-state index in [0.29, 0.717) is 17.9 Å². The standard InChI is InChI=1S/C20H15ClF3I2N7O3/c1-32(2)19(36)30-29-17(34)10-6-9(25)7-12(26)15(10)28-18(35)13-8-14(20(22,23)24)31-33(13)16-11(21)4-3-5-27-16/h3-8H,1-2H3,(H,28,35)(H,29,34)(H,30,36). The summed E-state index contributed by atoms with van der Waals surface area (Å²) in [7, 11) is 2.93. The number of hydrogen-bond acceptors (Lipinski definition) is 5. The normalized spacial score (nSPS) is 11.1. The number of urea groups is 1. The van der Waals surface area contributed by atoms with Crippen LogP contribution in [0.15, 0.2) is 36.5 Å². The van der Waals surface area contributed by atoms with Crippen molar-refractivity contribution in [2.24, 2.45) is 0 Å². The monoisotopic (exact) mass is 747 g/mol. The third kappa shape index (κ3) is 6.36. The van der Waals surface area contributed by atoms with Gasteiger partial charge in [-0.25, -0.2) is 19.9 Å². The Labute approximate surface area is 234 Å². The molecule has 36 heavy (non-hydrogen) atoms. The second-order valence-electron chi connectivity index (χ2n) is 7.18. The molecule has 3 rings (SSSR count). The molecule has 4 amide bonds. The number of hydrogen-bond donors (Lipinski definition) is 3. The van der Waals surface area contributed by atoms with Crippen LogP contribution >= 0.6 is 56.8 Å². The maximum Gasteiger partial charge on any atom is 0.435 e. The molecule has 16 heteroatoms. The number of nitrogens with one attached hydrogen (secondary N) is 3. The molecule has 0 aliphatic rings. The molecule has 0 bridgehead atoms. The summed E-state index contributed by atoms with van der Waals surface area (Å²) in [5.74, 6) is -1.97. The van der Waals surface area contributed by atoms with E-state index in [1.54, 1.807) is 6.07 Å². The van der Waals surface area contributed by atoms with Crippen LogP contribution in [0.1, 0.15) is 26.5 Å². The van der Waals surface area contributed by atoms with Gasteiger partial charge in [-0.15, -0.1) is 0 Å². The molecule has 1 aromatic carbocycles. The van der Waals surface area contributed by atoms with E-state index in [-0.39, 0.29) is 22.1 Å². The summed E-state index contributed by atoms with van der Waals surface area (Å²) in [5.41, 5.74) is 2.52. The van der Waals surface area contributed by atoms with Crippen molar-refractivity contribution >= 4 is 80.3 Å². The van der Waals surface area contributed by atoms with Gasteiger partial charge in [-0.2, -0.15) is 18.3 Å². The lowest BCUT2D eigenvalue weighted by molar-refractivity contribution is -0.141. The predicted octanol–water partition coefficient (Wildman–Crippen LogP) is 4.32. The maximum absolute atomic E-state index is 13.4. The van der Waals surface area contributed by atoms with E-state index in [0.717, 1.165) is 0 Å². The zero-order chi connectivity index (χ0) is 26.8. The van der Waals surface area contributed by atoms with E-state index >= 15 is 0 Å². The molecule has 0 saturated heterocycles. The Hall–Kier alpha value is -2.67. The van der Waals surface area contributed by atoms with Crippen LogP contribution in [0.2, 0.25) is 5.02 Å². The molecule has 2 aromatic heterocycles. The number of hydrazine groups is 1. The third-order valence-corrected chi connectivity index (χ3v) is 6.17. The smallest absolute Gasteiger partial charge is 0.330 e. The lowest BCUT2D eigenvalue weighted by Gasteiger charge is -2.16. The highest BCUT2D eigenvalue weighted by Crippen LogP contribution is 2.32. The number of rotatable bonds is 4. The first-order valence-electron chi connectivity index (χ1n) is 9.65. The lowest BCUT2D eigenvalue weighted by Crippen LogP contribution is -2.46. The van der Waals surface area contributed by atoms with Gasteiger partial charge in [0.15, 0.2) is 11.5 Å². The SMILES string of the molecule is CN(C)C(=O)NNC(=O)c1cc(I)cc(I)c1NC(=O)c1cc(C(F)(F)F)nn1-c1ncccc1Cl. The van der Waals surface area contributed by atoms with Gasteiger partial charge in [0, 0.05) is 33.5 Å². The van der Waals surface area contributed by atoms with Gasteiger partial charge in [-0.05, 0) is 69.4 Å². The van der Waals surface area contributed by atoms with Crippen molar-refractivity contribution in [1.29, 1.82) is 0 Å². The third-order valence-electron chi connectivity index (χ3n) is 4.40. The summed E-state index contributed by atoms with van der Waals surface area (Å²) >= 11 is 9.90. The molecule has 0 spiro atoms. The van der Waals surface area contributed by atoms with Crippen LogP contribution in [0.3, 0.4) is 0 Å². The highest BCUT2D eigenvalue weighted by atomic mass is 127. The Balaban J connectivity index is 2.03. The molecule has 0 aliphatic heterocycles. The quantitative estimate of drug-likeness (QED) is 0.272. The van der Waals surface area contributed by atoms with Crippen LogP contribution in [0, 0.1) is 7.14 Å². The summed E-state index contributed by atoms with van der Waals surface area (Å²) in [6.45, 7) is 0. The van der Waals surface area contributed by atoms with Crippen LogP contribution in [0.5, 0.6) is 0 Å². The van der Waals surface area contributed by atoms with E-state index in [9.17, 15) is 27.6 Å². The Bertz CT molecular complexity index is 1350. The van der Waals surface area contributed by atoms with E-state index < -0.39 is 35.4 Å². The summed E-state index contributed by atoms with van der Waals surface area (Å²) in [6.07, 6.45) is -3.57. The van der Waals surface area contributed by atoms with Gasteiger partial charge in [0.1, 0.15) is 5.69 Å². The van der Waals surface area contributed by atoms with Crippen molar-refractivity contribution in [2.45, 2.75) is 6.18 Å². The Morgan fingerprint density at radius 3 is 2.39 bits per heavy atom. The number of aromatic nitrogens is 3. The van der Waals surface area contributed by atoms with Crippen molar-refractivity contribution in [3.05, 3.63) is 65.6 Å². The fourth-order valence-corrected chi connectivity index (χ4v) is 4.90. The number of carbonyl (C=O) groups excluding carboxylic acids is 3. The van der Waals surface area contributed by atoms with Gasteiger partial charge in [0.2, 0.25) is 0 Å². The fourth-order valence-electron chi connectivity index (χ4n) is 2.72. The maximum atomic E-state index is 13.4. The molecule has 3 aromatic rings. The minimum atomic E-state index is -4.85. The topological polar surface area (TPSA) is 121 Å². The van der Waals surface area contributed by atoms with Crippen molar-refractivity contribution in [3.63, 3.8) is 0 Å². The average Bonchev–Trinajstić information content (AvgIpc) is 3.25. The molecule has 10 nitrogen and oxygen atoms in total. The van der Waals surface area contributed by atoms with E-state index in [2.05, 4.69) is 26.3 Å². The molecular formula is C20H15ClF3I2N7O3. The molecule has 2 heterocycles. The number of alkyl halides is 3. The first kappa shape index (κ1) is 27.9. The lowest BCUT2D eigenvalue weighted by atomic mass is 10.1. The van der Waals surface area contributed by atoms with Gasteiger partial charge in [0.05, 0.1) is 16.3 Å². The number of carbonyl (C=O) groups is 3. The van der Waals surface area contributed by atoms with E-state index in [4.69, 9.17) is 11.6 Å². The first-order valence-corrected chi connectivity index (χ1v) is 12.2. The molecule has 0 radical (unpaired) electrons. The van der Waals surface area contributed by atoms with Crippen LogP contribution in [-0.4, -0.2) is 51.6 Å². The highest BCUT2D eigenvalue weighted by Gasteiger charge is 2.37. The molecule has 0 saturated carbocycles. The molecular weight excluding hydrogens is 733 g/mol. The van der Waals surface area contributed by atoms with Gasteiger partial charge < -0.3 is 10.2 Å². The van der Waals surface area contributed by atoms with E-state index in [1.165, 1.54) is 43.4 Å². The number of halogens is 6. The van der Waals surface area contributed by atoms with Crippen LogP contribution in [-0.2, 0) is 6.18 Å². The summed E-state index contributed by atoms with van der Waals surface area (Å²) in [5, 5.41) is 5.92. The first-order chi connectivity index (χ1) is 16.8. The summed E-state index contributed by atoms with van der Waals surface area (Å²) in [4.78, 5) is 42.9. The molecule has 0 unspecified atom stereocenters. The van der Waals surface area contributed by atoms with Crippen molar-refractivity contribution in [1.82, 2.24) is 30.5 Å². The minimum Gasteiger partial charge on any atom is -0.330 e. The van der Waals surface area contributed by atoms with Crippen LogP contribution < -0.4 is 16.2 Å². The van der Waals surface area contributed by atoms with Crippen molar-refractivity contribution < 1.29 is 27.6 Å².